The largest absolute Gasteiger partial charge is 0.502 e. The minimum Gasteiger partial charge on any atom is -0.502 e. The molecule has 0 aliphatic rings. The molecule has 0 heterocycles. The van der Waals surface area contributed by atoms with E-state index in [0.717, 1.165) is 0 Å². The van der Waals surface area contributed by atoms with Crippen molar-refractivity contribution in [2.24, 2.45) is 0 Å². The molecule has 4 nitrogen and oxygen atoms in total. The molecule has 0 spiro atoms. The van der Waals surface area contributed by atoms with Crippen LogP contribution >= 0.6 is 0 Å². The number of carbonyl (C=O) groups excluding carboxylic acids is 1. The third-order valence-electron chi connectivity index (χ3n) is 0.859. The van der Waals surface area contributed by atoms with Gasteiger partial charge in [-0.3, -0.25) is 4.89 Å². The molecule has 0 aromatic carbocycles. The monoisotopic (exact) mass is 160 g/mol. The van der Waals surface area contributed by atoms with Gasteiger partial charge in [-0.2, -0.15) is 4.89 Å². The Kier molecular flexibility index (Phi) is 5.20. The summed E-state index contributed by atoms with van der Waals surface area (Å²) in [6.45, 7) is 3.74. The molecule has 0 saturated carbocycles. The van der Waals surface area contributed by atoms with E-state index >= 15 is 0 Å². The minimum absolute atomic E-state index is 0.269. The number of carbonyl (C=O) groups is 1. The first-order valence-corrected chi connectivity index (χ1v) is 3.45. The Balaban J connectivity index is 3.73. The van der Waals surface area contributed by atoms with E-state index in [2.05, 4.69) is 9.78 Å². The molecule has 0 saturated heterocycles. The van der Waals surface area contributed by atoms with Gasteiger partial charge in [-0.05, 0) is 19.4 Å². The molecule has 0 unspecified atom stereocenters. The maximum Gasteiger partial charge on any atom is 0.406 e. The van der Waals surface area contributed by atoms with Gasteiger partial charge in [0.05, 0.1) is 6.61 Å². The second-order valence-corrected chi connectivity index (χ2v) is 1.77. The van der Waals surface area contributed by atoms with E-state index in [-0.39, 0.29) is 6.61 Å². The van der Waals surface area contributed by atoms with Crippen molar-refractivity contribution in [1.29, 1.82) is 0 Å². The fourth-order valence-corrected chi connectivity index (χ4v) is 0.432. The van der Waals surface area contributed by atoms with E-state index in [0.29, 0.717) is 6.42 Å². The van der Waals surface area contributed by atoms with E-state index in [4.69, 9.17) is 5.11 Å². The van der Waals surface area contributed by atoms with Gasteiger partial charge in [0, 0.05) is 0 Å². The molecule has 1 N–H and O–H groups in total. The number of aliphatic hydroxyl groups excluding tert-OH is 1. The maximum atomic E-state index is 10.6. The summed E-state index contributed by atoms with van der Waals surface area (Å²) in [6.07, 6.45) is 1.93. The van der Waals surface area contributed by atoms with Gasteiger partial charge >= 0.3 is 5.97 Å². The lowest BCUT2D eigenvalue weighted by atomic mass is 10.4. The highest BCUT2D eigenvalue weighted by atomic mass is 17.2. The van der Waals surface area contributed by atoms with Crippen LogP contribution in [0.15, 0.2) is 11.8 Å². The van der Waals surface area contributed by atoms with Crippen LogP contribution in [0.5, 0.6) is 0 Å². The highest BCUT2D eigenvalue weighted by molar-refractivity contribution is 5.85. The Hall–Kier alpha value is -1.03. The van der Waals surface area contributed by atoms with Crippen LogP contribution in [-0.4, -0.2) is 17.7 Å². The number of hydrogen-bond donors (Lipinski definition) is 1. The van der Waals surface area contributed by atoms with Gasteiger partial charge < -0.3 is 5.11 Å². The van der Waals surface area contributed by atoms with Gasteiger partial charge in [0.2, 0.25) is 5.76 Å². The van der Waals surface area contributed by atoms with Crippen LogP contribution < -0.4 is 0 Å². The molecular weight excluding hydrogens is 148 g/mol. The SMILES string of the molecule is CCC=C(O)C(=O)OOCC. The van der Waals surface area contributed by atoms with Crippen molar-refractivity contribution < 1.29 is 19.7 Å². The number of hydrogen-bond acceptors (Lipinski definition) is 4. The predicted octanol–water partition coefficient (Wildman–Crippen LogP) is 1.33. The Labute approximate surface area is 65.4 Å². The van der Waals surface area contributed by atoms with Crippen LogP contribution in [0.1, 0.15) is 20.3 Å². The molecule has 0 atom stereocenters. The summed E-state index contributed by atoms with van der Waals surface area (Å²) < 4.78 is 0. The van der Waals surface area contributed by atoms with E-state index < -0.39 is 11.7 Å². The van der Waals surface area contributed by atoms with E-state index in [9.17, 15) is 4.79 Å². The predicted molar refractivity (Wildman–Crippen MR) is 38.7 cm³/mol. The summed E-state index contributed by atoms with van der Waals surface area (Å²) in [4.78, 5) is 19.1. The fourth-order valence-electron chi connectivity index (χ4n) is 0.432. The average molecular weight is 160 g/mol. The Morgan fingerprint density at radius 3 is 2.64 bits per heavy atom. The van der Waals surface area contributed by atoms with Crippen molar-refractivity contribution in [2.75, 3.05) is 6.61 Å². The molecule has 0 aromatic rings. The number of rotatable bonds is 4. The van der Waals surface area contributed by atoms with Crippen LogP contribution in [-0.2, 0) is 14.6 Å². The summed E-state index contributed by atoms with van der Waals surface area (Å²) in [6, 6.07) is 0. The first-order valence-electron chi connectivity index (χ1n) is 3.45. The standard InChI is InChI=1S/C7H12O4/c1-3-5-6(8)7(9)11-10-4-2/h5,8H,3-4H2,1-2H3. The Morgan fingerprint density at radius 1 is 1.55 bits per heavy atom. The van der Waals surface area contributed by atoms with E-state index in [1.165, 1.54) is 6.08 Å². The van der Waals surface area contributed by atoms with Gasteiger partial charge in [-0.25, -0.2) is 4.79 Å². The molecule has 0 bridgehead atoms. The van der Waals surface area contributed by atoms with Crippen molar-refractivity contribution in [3.63, 3.8) is 0 Å². The van der Waals surface area contributed by atoms with Crippen LogP contribution in [0.25, 0.3) is 0 Å². The van der Waals surface area contributed by atoms with Crippen molar-refractivity contribution >= 4 is 5.97 Å². The molecule has 0 rings (SSSR count). The van der Waals surface area contributed by atoms with Gasteiger partial charge in [0.1, 0.15) is 0 Å². The number of aliphatic hydroxyl groups is 1. The van der Waals surface area contributed by atoms with Crippen LogP contribution in [0.2, 0.25) is 0 Å². The second kappa shape index (κ2) is 5.73. The lowest BCUT2D eigenvalue weighted by Crippen LogP contribution is -2.07. The molecule has 64 valence electrons. The van der Waals surface area contributed by atoms with Crippen LogP contribution in [0.3, 0.4) is 0 Å². The molecule has 0 amide bonds. The van der Waals surface area contributed by atoms with Crippen molar-refractivity contribution in [1.82, 2.24) is 0 Å². The van der Waals surface area contributed by atoms with E-state index in [1.807, 2.05) is 0 Å². The average Bonchev–Trinajstić information content (AvgIpc) is 2.00. The first kappa shape index (κ1) is 9.97. The highest BCUT2D eigenvalue weighted by Crippen LogP contribution is 1.95. The van der Waals surface area contributed by atoms with Gasteiger partial charge in [-0.15, -0.1) is 0 Å². The zero-order chi connectivity index (χ0) is 8.69. The van der Waals surface area contributed by atoms with Crippen molar-refractivity contribution in [3.8, 4) is 0 Å². The van der Waals surface area contributed by atoms with Gasteiger partial charge in [-0.1, -0.05) is 6.92 Å². The molecule has 0 aliphatic carbocycles. The Morgan fingerprint density at radius 2 is 2.18 bits per heavy atom. The summed E-state index contributed by atoms with van der Waals surface area (Å²) in [5.41, 5.74) is 0. The zero-order valence-electron chi connectivity index (χ0n) is 6.66. The third-order valence-corrected chi connectivity index (χ3v) is 0.859. The first-order chi connectivity index (χ1) is 5.22. The lowest BCUT2D eigenvalue weighted by molar-refractivity contribution is -0.267. The molecule has 0 fully saturated rings. The highest BCUT2D eigenvalue weighted by Gasteiger charge is 2.08. The number of allylic oxidation sites excluding steroid dienone is 1. The van der Waals surface area contributed by atoms with Crippen LogP contribution in [0.4, 0.5) is 0 Å². The van der Waals surface area contributed by atoms with Gasteiger partial charge in [0.25, 0.3) is 0 Å². The fraction of sp³-hybridized carbons (Fsp3) is 0.571. The minimum atomic E-state index is -0.853. The summed E-state index contributed by atoms with van der Waals surface area (Å²) in [7, 11) is 0. The quantitative estimate of drug-likeness (QED) is 0.292. The van der Waals surface area contributed by atoms with Gasteiger partial charge in [0.15, 0.2) is 0 Å². The van der Waals surface area contributed by atoms with Crippen LogP contribution in [0, 0.1) is 0 Å². The smallest absolute Gasteiger partial charge is 0.406 e. The lowest BCUT2D eigenvalue weighted by Gasteiger charge is -1.98. The molecule has 11 heavy (non-hydrogen) atoms. The molecule has 4 heteroatoms. The summed E-state index contributed by atoms with van der Waals surface area (Å²) in [5, 5.41) is 8.85. The van der Waals surface area contributed by atoms with Crippen molar-refractivity contribution in [2.45, 2.75) is 20.3 Å². The maximum absolute atomic E-state index is 10.6. The molecule has 0 radical (unpaired) electrons. The normalized spacial score (nSPS) is 11.3. The van der Waals surface area contributed by atoms with E-state index in [1.54, 1.807) is 13.8 Å². The topological polar surface area (TPSA) is 55.8 Å². The zero-order valence-corrected chi connectivity index (χ0v) is 6.66. The summed E-state index contributed by atoms with van der Waals surface area (Å²) in [5.74, 6) is -1.27. The summed E-state index contributed by atoms with van der Waals surface area (Å²) >= 11 is 0. The molecule has 0 aromatic heterocycles. The molecular formula is C7H12O4. The third kappa shape index (κ3) is 4.38. The second-order valence-electron chi connectivity index (χ2n) is 1.77. The molecule has 0 aliphatic heterocycles. The van der Waals surface area contributed by atoms with Crippen molar-refractivity contribution in [3.05, 3.63) is 11.8 Å². The Bertz CT molecular complexity index is 151.